The van der Waals surface area contributed by atoms with E-state index in [1.165, 1.54) is 0 Å². The number of hydrogen-bond donors (Lipinski definition) is 2. The lowest BCUT2D eigenvalue weighted by molar-refractivity contribution is 0.0456. The zero-order chi connectivity index (χ0) is 14.6. The molecule has 0 aliphatic carbocycles. The van der Waals surface area contributed by atoms with Crippen molar-refractivity contribution >= 4 is 11.8 Å². The molecule has 1 fully saturated rings. The first-order valence-electron chi connectivity index (χ1n) is 6.71. The molecule has 2 amide bonds. The van der Waals surface area contributed by atoms with E-state index in [4.69, 9.17) is 5.84 Å². The van der Waals surface area contributed by atoms with Gasteiger partial charge >= 0.3 is 0 Å². The standard InChI is InChI=1S/C14H13N5O2/c15-17-13(20)11-12-10-5-6-18(10)14(21)8-3-1-2-4-9(8)19(12)7-16-11/h1-4,7,10H,5-6,15H2,(H,17,20)/t10-/m0/s1. The largest absolute Gasteiger partial charge is 0.330 e. The summed E-state index contributed by atoms with van der Waals surface area (Å²) in [6.07, 6.45) is 2.39. The third kappa shape index (κ3) is 1.49. The molecule has 2 aliphatic heterocycles. The SMILES string of the molecule is NNC(=O)c1ncn2c1[C@@H]1CCN1C(=O)c1ccccc1-2. The van der Waals surface area contributed by atoms with Gasteiger partial charge in [0.15, 0.2) is 5.69 Å². The molecule has 7 heteroatoms. The summed E-state index contributed by atoms with van der Waals surface area (Å²) in [5.41, 5.74) is 4.48. The van der Waals surface area contributed by atoms with Gasteiger partial charge in [0.1, 0.15) is 6.33 Å². The highest BCUT2D eigenvalue weighted by Gasteiger charge is 2.42. The monoisotopic (exact) mass is 283 g/mol. The molecule has 0 spiro atoms. The van der Waals surface area contributed by atoms with Gasteiger partial charge < -0.3 is 4.90 Å². The number of benzene rings is 1. The number of nitrogens with two attached hydrogens (primary N) is 1. The molecule has 2 aromatic rings. The van der Waals surface area contributed by atoms with Crippen molar-refractivity contribution in [3.8, 4) is 5.69 Å². The maximum atomic E-state index is 12.6. The number of nitrogens with one attached hydrogen (secondary N) is 1. The molecular formula is C14H13N5O2. The molecule has 106 valence electrons. The van der Waals surface area contributed by atoms with E-state index in [9.17, 15) is 9.59 Å². The summed E-state index contributed by atoms with van der Waals surface area (Å²) in [6.45, 7) is 0.687. The Morgan fingerprint density at radius 3 is 2.90 bits per heavy atom. The number of fused-ring (bicyclic) bond motifs is 5. The molecule has 1 saturated heterocycles. The van der Waals surface area contributed by atoms with Crippen LogP contribution in [0.3, 0.4) is 0 Å². The van der Waals surface area contributed by atoms with Crippen LogP contribution in [0, 0.1) is 0 Å². The van der Waals surface area contributed by atoms with Gasteiger partial charge in [0.05, 0.1) is 23.0 Å². The van der Waals surface area contributed by atoms with Gasteiger partial charge in [0.25, 0.3) is 11.8 Å². The number of para-hydroxylation sites is 1. The second-order valence-corrected chi connectivity index (χ2v) is 5.14. The van der Waals surface area contributed by atoms with Crippen molar-refractivity contribution in [2.45, 2.75) is 12.5 Å². The number of rotatable bonds is 1. The molecule has 0 bridgehead atoms. The number of aromatic nitrogens is 2. The number of nitrogens with zero attached hydrogens (tertiary/aromatic N) is 3. The van der Waals surface area contributed by atoms with Crippen molar-refractivity contribution < 1.29 is 9.59 Å². The summed E-state index contributed by atoms with van der Waals surface area (Å²) in [4.78, 5) is 30.5. The molecule has 3 heterocycles. The van der Waals surface area contributed by atoms with E-state index in [1.807, 2.05) is 22.8 Å². The van der Waals surface area contributed by atoms with Crippen LogP contribution in [0.1, 0.15) is 39.0 Å². The molecule has 0 saturated carbocycles. The maximum absolute atomic E-state index is 12.6. The Balaban J connectivity index is 2.00. The highest BCUT2D eigenvalue weighted by Crippen LogP contribution is 2.40. The molecule has 2 aliphatic rings. The molecule has 1 aromatic heterocycles. The molecular weight excluding hydrogens is 270 g/mol. The summed E-state index contributed by atoms with van der Waals surface area (Å²) in [5.74, 6) is 4.77. The third-order valence-electron chi connectivity index (χ3n) is 4.14. The number of amides is 2. The van der Waals surface area contributed by atoms with Gasteiger partial charge in [-0.1, -0.05) is 12.1 Å². The van der Waals surface area contributed by atoms with E-state index in [-0.39, 0.29) is 17.6 Å². The van der Waals surface area contributed by atoms with E-state index < -0.39 is 5.91 Å². The Morgan fingerprint density at radius 2 is 2.19 bits per heavy atom. The van der Waals surface area contributed by atoms with Crippen LogP contribution >= 0.6 is 0 Å². The minimum absolute atomic E-state index is 0.00958. The van der Waals surface area contributed by atoms with Crippen LogP contribution < -0.4 is 11.3 Å². The second-order valence-electron chi connectivity index (χ2n) is 5.14. The smallest absolute Gasteiger partial charge is 0.285 e. The Hall–Kier alpha value is -2.67. The highest BCUT2D eigenvalue weighted by atomic mass is 16.2. The Bertz CT molecular complexity index is 766. The van der Waals surface area contributed by atoms with E-state index in [1.54, 1.807) is 17.3 Å². The number of hydrogen-bond acceptors (Lipinski definition) is 4. The van der Waals surface area contributed by atoms with Gasteiger partial charge in [0, 0.05) is 6.54 Å². The predicted octanol–water partition coefficient (Wildman–Crippen LogP) is 0.376. The minimum atomic E-state index is -0.442. The molecule has 0 radical (unpaired) electrons. The van der Waals surface area contributed by atoms with Crippen molar-refractivity contribution in [3.05, 3.63) is 47.5 Å². The molecule has 0 unspecified atom stereocenters. The van der Waals surface area contributed by atoms with Crippen LogP contribution in [0.2, 0.25) is 0 Å². The average Bonchev–Trinajstić information content (AvgIpc) is 2.87. The van der Waals surface area contributed by atoms with Gasteiger partial charge in [0.2, 0.25) is 0 Å². The average molecular weight is 283 g/mol. The fourth-order valence-corrected chi connectivity index (χ4v) is 3.05. The number of nitrogen functional groups attached to an aromatic ring is 1. The first kappa shape index (κ1) is 12.1. The third-order valence-corrected chi connectivity index (χ3v) is 4.14. The zero-order valence-corrected chi connectivity index (χ0v) is 11.1. The van der Waals surface area contributed by atoms with Crippen molar-refractivity contribution in [2.24, 2.45) is 5.84 Å². The van der Waals surface area contributed by atoms with Gasteiger partial charge in [-0.3, -0.25) is 19.6 Å². The van der Waals surface area contributed by atoms with Crippen LogP contribution in [-0.2, 0) is 0 Å². The van der Waals surface area contributed by atoms with Gasteiger partial charge in [-0.15, -0.1) is 0 Å². The van der Waals surface area contributed by atoms with E-state index in [0.29, 0.717) is 12.1 Å². The molecule has 7 nitrogen and oxygen atoms in total. The second kappa shape index (κ2) is 4.16. The van der Waals surface area contributed by atoms with Crippen LogP contribution in [-0.4, -0.2) is 32.8 Å². The summed E-state index contributed by atoms with van der Waals surface area (Å²) in [7, 11) is 0. The topological polar surface area (TPSA) is 93.2 Å². The minimum Gasteiger partial charge on any atom is -0.330 e. The number of imidazole rings is 1. The van der Waals surface area contributed by atoms with Crippen molar-refractivity contribution in [3.63, 3.8) is 0 Å². The first-order chi connectivity index (χ1) is 10.2. The van der Waals surface area contributed by atoms with Gasteiger partial charge in [-0.05, 0) is 18.6 Å². The Morgan fingerprint density at radius 1 is 1.38 bits per heavy atom. The Kier molecular flexibility index (Phi) is 2.40. The fourth-order valence-electron chi connectivity index (χ4n) is 3.05. The number of carbonyl (C=O) groups excluding carboxylic acids is 2. The number of carbonyl (C=O) groups is 2. The summed E-state index contributed by atoms with van der Waals surface area (Å²) in [6, 6.07) is 7.22. The normalized spacial score (nSPS) is 19.0. The molecule has 3 N–H and O–H groups in total. The molecule has 1 aromatic carbocycles. The van der Waals surface area contributed by atoms with Crippen molar-refractivity contribution in [1.29, 1.82) is 0 Å². The van der Waals surface area contributed by atoms with Crippen LogP contribution in [0.4, 0.5) is 0 Å². The maximum Gasteiger partial charge on any atom is 0.285 e. The lowest BCUT2D eigenvalue weighted by Crippen LogP contribution is -2.45. The zero-order valence-electron chi connectivity index (χ0n) is 11.1. The molecule has 21 heavy (non-hydrogen) atoms. The van der Waals surface area contributed by atoms with Crippen molar-refractivity contribution in [2.75, 3.05) is 6.54 Å². The summed E-state index contributed by atoms with van der Waals surface area (Å²) in [5, 5.41) is 0. The Labute approximate surface area is 120 Å². The fraction of sp³-hybridized carbons (Fsp3) is 0.214. The van der Waals surface area contributed by atoms with Crippen LogP contribution in [0.25, 0.3) is 5.69 Å². The highest BCUT2D eigenvalue weighted by molar-refractivity contribution is 6.00. The number of hydrazine groups is 1. The first-order valence-corrected chi connectivity index (χ1v) is 6.71. The van der Waals surface area contributed by atoms with Crippen molar-refractivity contribution in [1.82, 2.24) is 19.9 Å². The summed E-state index contributed by atoms with van der Waals surface area (Å²) < 4.78 is 1.82. The van der Waals surface area contributed by atoms with E-state index in [2.05, 4.69) is 10.4 Å². The van der Waals surface area contributed by atoms with E-state index >= 15 is 0 Å². The predicted molar refractivity (Wildman–Crippen MR) is 73.6 cm³/mol. The van der Waals surface area contributed by atoms with Gasteiger partial charge in [-0.25, -0.2) is 10.8 Å². The van der Waals surface area contributed by atoms with Crippen LogP contribution in [0.5, 0.6) is 0 Å². The summed E-state index contributed by atoms with van der Waals surface area (Å²) >= 11 is 0. The van der Waals surface area contributed by atoms with E-state index in [0.717, 1.165) is 17.8 Å². The quantitative estimate of drug-likeness (QED) is 0.449. The van der Waals surface area contributed by atoms with Gasteiger partial charge in [-0.2, -0.15) is 0 Å². The lowest BCUT2D eigenvalue weighted by atomic mass is 9.97. The van der Waals surface area contributed by atoms with Crippen LogP contribution in [0.15, 0.2) is 30.6 Å². The molecule has 4 rings (SSSR count). The lowest BCUT2D eigenvalue weighted by Gasteiger charge is -2.39. The molecule has 1 atom stereocenters.